The molecule has 3 N–H and O–H groups in total. The minimum absolute atomic E-state index is 0. The molecule has 2 aliphatic rings. The molecule has 1 aliphatic heterocycles. The molecular formula is C21H22ClN3O3. The van der Waals surface area contributed by atoms with Crippen molar-refractivity contribution < 1.29 is 14.4 Å². The van der Waals surface area contributed by atoms with Gasteiger partial charge in [0.2, 0.25) is 5.91 Å². The van der Waals surface area contributed by atoms with Gasteiger partial charge in [-0.3, -0.25) is 14.4 Å². The van der Waals surface area contributed by atoms with Crippen LogP contribution in [0.5, 0.6) is 0 Å². The number of halogens is 1. The number of amides is 3. The predicted octanol–water partition coefficient (Wildman–Crippen LogP) is 3.37. The first-order chi connectivity index (χ1) is 13.0. The van der Waals surface area contributed by atoms with E-state index in [0.717, 1.165) is 24.2 Å². The van der Waals surface area contributed by atoms with Gasteiger partial charge in [-0.05, 0) is 49.1 Å². The van der Waals surface area contributed by atoms with Gasteiger partial charge in [0.05, 0.1) is 16.8 Å². The Morgan fingerprint density at radius 1 is 1.04 bits per heavy atom. The first-order valence-electron chi connectivity index (χ1n) is 9.18. The quantitative estimate of drug-likeness (QED) is 0.771. The monoisotopic (exact) mass is 399 g/mol. The van der Waals surface area contributed by atoms with Crippen molar-refractivity contribution in [2.24, 2.45) is 11.7 Å². The van der Waals surface area contributed by atoms with Gasteiger partial charge in [0, 0.05) is 18.2 Å². The van der Waals surface area contributed by atoms with Crippen LogP contribution in [0, 0.1) is 5.92 Å². The molecule has 0 saturated heterocycles. The molecule has 2 atom stereocenters. The smallest absolute Gasteiger partial charge is 0.266 e. The van der Waals surface area contributed by atoms with Crippen molar-refractivity contribution in [3.63, 3.8) is 0 Å². The highest BCUT2D eigenvalue weighted by Gasteiger charge is 2.36. The second-order valence-corrected chi connectivity index (χ2v) is 7.15. The highest BCUT2D eigenvalue weighted by Crippen LogP contribution is 2.30. The summed E-state index contributed by atoms with van der Waals surface area (Å²) < 4.78 is 0. The molecule has 7 heteroatoms. The zero-order valence-electron chi connectivity index (χ0n) is 15.3. The molecule has 28 heavy (non-hydrogen) atoms. The number of nitrogens with one attached hydrogen (secondary N) is 1. The lowest BCUT2D eigenvalue weighted by Gasteiger charge is -2.17. The molecule has 0 unspecified atom stereocenters. The van der Waals surface area contributed by atoms with Crippen LogP contribution in [-0.2, 0) is 4.79 Å². The third kappa shape index (κ3) is 3.66. The van der Waals surface area contributed by atoms with E-state index in [1.54, 1.807) is 48.5 Å². The Bertz CT molecular complexity index is 896. The van der Waals surface area contributed by atoms with E-state index in [2.05, 4.69) is 5.32 Å². The Kier molecular flexibility index (Phi) is 5.82. The Hall–Kier alpha value is -2.70. The summed E-state index contributed by atoms with van der Waals surface area (Å²) in [6, 6.07) is 13.6. The van der Waals surface area contributed by atoms with Crippen LogP contribution in [0.25, 0.3) is 0 Å². The minimum Gasteiger partial charge on any atom is -0.327 e. The van der Waals surface area contributed by atoms with E-state index in [0.29, 0.717) is 28.9 Å². The Balaban J connectivity index is 0.00000225. The van der Waals surface area contributed by atoms with Gasteiger partial charge in [0.1, 0.15) is 0 Å². The number of nitrogens with two attached hydrogens (primary N) is 1. The zero-order valence-corrected chi connectivity index (χ0v) is 16.1. The highest BCUT2D eigenvalue weighted by molar-refractivity contribution is 6.34. The summed E-state index contributed by atoms with van der Waals surface area (Å²) in [7, 11) is 0. The molecule has 0 radical (unpaired) electrons. The molecule has 1 aliphatic carbocycles. The maximum atomic E-state index is 12.6. The molecule has 0 aromatic heterocycles. The molecular weight excluding hydrogens is 378 g/mol. The number of hydrogen-bond acceptors (Lipinski definition) is 4. The van der Waals surface area contributed by atoms with Gasteiger partial charge in [0.25, 0.3) is 11.8 Å². The summed E-state index contributed by atoms with van der Waals surface area (Å²) in [6.45, 7) is 0. The van der Waals surface area contributed by atoms with E-state index in [9.17, 15) is 14.4 Å². The Morgan fingerprint density at radius 3 is 2.32 bits per heavy atom. The van der Waals surface area contributed by atoms with Gasteiger partial charge in [0.15, 0.2) is 0 Å². The normalized spacial score (nSPS) is 20.7. The van der Waals surface area contributed by atoms with Crippen LogP contribution in [0.3, 0.4) is 0 Å². The lowest BCUT2D eigenvalue weighted by molar-refractivity contribution is -0.117. The fraction of sp³-hybridized carbons (Fsp3) is 0.286. The lowest BCUT2D eigenvalue weighted by atomic mass is 10.00. The summed E-state index contributed by atoms with van der Waals surface area (Å²) >= 11 is 0. The summed E-state index contributed by atoms with van der Waals surface area (Å²) in [5.74, 6) is -0.590. The van der Waals surface area contributed by atoms with E-state index in [1.807, 2.05) is 0 Å². The molecule has 0 bridgehead atoms. The molecule has 1 saturated carbocycles. The molecule has 4 rings (SSSR count). The van der Waals surface area contributed by atoms with Crippen LogP contribution < -0.4 is 16.0 Å². The number of hydrogen-bond donors (Lipinski definition) is 2. The number of anilines is 2. The van der Waals surface area contributed by atoms with Crippen molar-refractivity contribution in [1.29, 1.82) is 0 Å². The number of rotatable bonds is 4. The maximum absolute atomic E-state index is 12.6. The van der Waals surface area contributed by atoms with Crippen molar-refractivity contribution >= 4 is 41.5 Å². The van der Waals surface area contributed by atoms with E-state index < -0.39 is 0 Å². The zero-order chi connectivity index (χ0) is 19.0. The summed E-state index contributed by atoms with van der Waals surface area (Å²) in [5, 5.41) is 2.86. The van der Waals surface area contributed by atoms with Gasteiger partial charge < -0.3 is 11.1 Å². The van der Waals surface area contributed by atoms with Crippen LogP contribution in [0.15, 0.2) is 48.5 Å². The van der Waals surface area contributed by atoms with Gasteiger partial charge in [-0.25, -0.2) is 4.90 Å². The maximum Gasteiger partial charge on any atom is 0.266 e. The Morgan fingerprint density at radius 2 is 1.71 bits per heavy atom. The first-order valence-corrected chi connectivity index (χ1v) is 9.18. The average Bonchev–Trinajstić information content (AvgIpc) is 3.17. The second kappa shape index (κ2) is 8.12. The molecule has 0 spiro atoms. The Labute approximate surface area is 169 Å². The molecule has 1 fully saturated rings. The van der Waals surface area contributed by atoms with Gasteiger partial charge >= 0.3 is 0 Å². The fourth-order valence-electron chi connectivity index (χ4n) is 3.92. The van der Waals surface area contributed by atoms with Crippen LogP contribution in [0.2, 0.25) is 0 Å². The van der Waals surface area contributed by atoms with Crippen molar-refractivity contribution in [1.82, 2.24) is 0 Å². The molecule has 1 heterocycles. The van der Waals surface area contributed by atoms with Crippen LogP contribution >= 0.6 is 12.4 Å². The number of benzene rings is 2. The predicted molar refractivity (Wildman–Crippen MR) is 110 cm³/mol. The number of fused-ring (bicyclic) bond motifs is 1. The highest BCUT2D eigenvalue weighted by atomic mass is 35.5. The number of imide groups is 1. The second-order valence-electron chi connectivity index (χ2n) is 7.15. The van der Waals surface area contributed by atoms with E-state index in [1.165, 1.54) is 0 Å². The summed E-state index contributed by atoms with van der Waals surface area (Å²) in [5.41, 5.74) is 7.83. The largest absolute Gasteiger partial charge is 0.327 e. The molecule has 146 valence electrons. The van der Waals surface area contributed by atoms with Gasteiger partial charge in [-0.15, -0.1) is 12.4 Å². The fourth-order valence-corrected chi connectivity index (χ4v) is 3.92. The van der Waals surface area contributed by atoms with E-state index >= 15 is 0 Å². The van der Waals surface area contributed by atoms with Crippen LogP contribution in [-0.4, -0.2) is 23.8 Å². The van der Waals surface area contributed by atoms with Crippen molar-refractivity contribution in [2.75, 3.05) is 10.2 Å². The number of carbonyl (C=O) groups excluding carboxylic acids is 3. The number of nitrogens with zero attached hydrogens (tertiary/aromatic N) is 1. The lowest BCUT2D eigenvalue weighted by Crippen LogP contribution is -2.29. The minimum atomic E-state index is -0.351. The van der Waals surface area contributed by atoms with Crippen molar-refractivity contribution in [3.8, 4) is 0 Å². The summed E-state index contributed by atoms with van der Waals surface area (Å²) in [4.78, 5) is 38.7. The molecule has 2 aromatic carbocycles. The molecule has 6 nitrogen and oxygen atoms in total. The van der Waals surface area contributed by atoms with Crippen molar-refractivity contribution in [2.45, 2.75) is 31.7 Å². The third-order valence-corrected chi connectivity index (χ3v) is 5.35. The van der Waals surface area contributed by atoms with E-state index in [-0.39, 0.29) is 42.1 Å². The van der Waals surface area contributed by atoms with Crippen molar-refractivity contribution in [3.05, 3.63) is 59.7 Å². The van der Waals surface area contributed by atoms with Gasteiger partial charge in [-0.1, -0.05) is 24.6 Å². The third-order valence-electron chi connectivity index (χ3n) is 5.35. The standard InChI is InChI=1S/C21H21N3O3.ClH/c22-18-10-3-5-13(18)11-19(25)23-14-6-4-7-15(12-14)24-20(26)16-8-1-2-9-17(16)21(24)27;/h1-2,4,6-9,12-13,18H,3,5,10-11,22H2,(H,23,25);1H/t13-,18+;/m0./s1. The molecule has 2 aromatic rings. The first kappa shape index (κ1) is 20.0. The van der Waals surface area contributed by atoms with E-state index in [4.69, 9.17) is 5.73 Å². The number of carbonyl (C=O) groups is 3. The summed E-state index contributed by atoms with van der Waals surface area (Å²) in [6.07, 6.45) is 3.39. The average molecular weight is 400 g/mol. The van der Waals surface area contributed by atoms with Crippen LogP contribution in [0.1, 0.15) is 46.4 Å². The van der Waals surface area contributed by atoms with Crippen LogP contribution in [0.4, 0.5) is 11.4 Å². The molecule has 3 amide bonds. The van der Waals surface area contributed by atoms with Gasteiger partial charge in [-0.2, -0.15) is 0 Å². The topological polar surface area (TPSA) is 92.5 Å². The SMILES string of the molecule is Cl.N[C@@H]1CCC[C@H]1CC(=O)Nc1cccc(N2C(=O)c3ccccc3C2=O)c1.